The van der Waals surface area contributed by atoms with Gasteiger partial charge in [0.15, 0.2) is 0 Å². The molecule has 2 N–H and O–H groups in total. The van der Waals surface area contributed by atoms with Gasteiger partial charge in [-0.25, -0.2) is 4.79 Å². The van der Waals surface area contributed by atoms with E-state index >= 15 is 0 Å². The largest absolute Gasteiger partial charge is 0.444 e. The molecule has 1 fully saturated rings. The zero-order valence-corrected chi connectivity index (χ0v) is 15.5. The van der Waals surface area contributed by atoms with Gasteiger partial charge in [0.05, 0.1) is 12.1 Å². The maximum absolute atomic E-state index is 12.5. The SMILES string of the molecule is CCN(C[C@H]1CCCN1C(=O)OC(C)(C)C)C(=O)[C@@H](N)C(C)C. The summed E-state index contributed by atoms with van der Waals surface area (Å²) in [6, 6.07) is -0.487. The normalized spacial score (nSPS) is 19.8. The van der Waals surface area contributed by atoms with Gasteiger partial charge in [0.2, 0.25) is 5.91 Å². The highest BCUT2D eigenvalue weighted by Crippen LogP contribution is 2.22. The van der Waals surface area contributed by atoms with Crippen LogP contribution in [0.5, 0.6) is 0 Å². The summed E-state index contributed by atoms with van der Waals surface area (Å²) in [6.07, 6.45) is 1.53. The highest BCUT2D eigenvalue weighted by atomic mass is 16.6. The summed E-state index contributed by atoms with van der Waals surface area (Å²) in [5.41, 5.74) is 5.48. The van der Waals surface area contributed by atoms with Crippen molar-refractivity contribution >= 4 is 12.0 Å². The highest BCUT2D eigenvalue weighted by molar-refractivity contribution is 5.82. The van der Waals surface area contributed by atoms with Crippen LogP contribution < -0.4 is 5.73 Å². The number of carbonyl (C=O) groups excluding carboxylic acids is 2. The molecule has 0 aliphatic carbocycles. The van der Waals surface area contributed by atoms with Gasteiger partial charge in [0.1, 0.15) is 5.60 Å². The zero-order valence-electron chi connectivity index (χ0n) is 15.5. The summed E-state index contributed by atoms with van der Waals surface area (Å²) in [4.78, 5) is 28.3. The second-order valence-electron chi connectivity index (χ2n) is 7.62. The summed E-state index contributed by atoms with van der Waals surface area (Å²) in [5.74, 6) is 0.0561. The Bertz CT molecular complexity index is 418. The number of hydrogen-bond acceptors (Lipinski definition) is 4. The highest BCUT2D eigenvalue weighted by Gasteiger charge is 2.34. The number of carbonyl (C=O) groups is 2. The molecule has 0 bridgehead atoms. The molecule has 0 aromatic heterocycles. The van der Waals surface area contributed by atoms with Crippen LogP contribution in [0.25, 0.3) is 0 Å². The van der Waals surface area contributed by atoms with Crippen molar-refractivity contribution in [3.05, 3.63) is 0 Å². The number of ether oxygens (including phenoxy) is 1. The number of amides is 2. The van der Waals surface area contributed by atoms with Gasteiger partial charge in [-0.2, -0.15) is 0 Å². The molecule has 0 radical (unpaired) electrons. The van der Waals surface area contributed by atoms with Gasteiger partial charge >= 0.3 is 6.09 Å². The Hall–Kier alpha value is -1.30. The van der Waals surface area contributed by atoms with E-state index in [1.54, 1.807) is 9.80 Å². The van der Waals surface area contributed by atoms with Gasteiger partial charge in [-0.1, -0.05) is 13.8 Å². The first-order valence-corrected chi connectivity index (χ1v) is 8.60. The lowest BCUT2D eigenvalue weighted by molar-refractivity contribution is -0.134. The lowest BCUT2D eigenvalue weighted by Gasteiger charge is -2.33. The van der Waals surface area contributed by atoms with E-state index in [0.717, 1.165) is 12.8 Å². The molecule has 0 unspecified atom stereocenters. The second kappa shape index (κ2) is 7.99. The van der Waals surface area contributed by atoms with Gasteiger partial charge < -0.3 is 20.3 Å². The van der Waals surface area contributed by atoms with Crippen LogP contribution in [0.3, 0.4) is 0 Å². The predicted molar refractivity (Wildman–Crippen MR) is 91.0 cm³/mol. The van der Waals surface area contributed by atoms with Crippen molar-refractivity contribution in [1.29, 1.82) is 0 Å². The Morgan fingerprint density at radius 2 is 1.96 bits per heavy atom. The molecule has 2 amide bonds. The number of likely N-dealkylation sites (N-methyl/N-ethyl adjacent to an activating group) is 1. The predicted octanol–water partition coefficient (Wildman–Crippen LogP) is 2.22. The van der Waals surface area contributed by atoms with Crippen LogP contribution in [0.4, 0.5) is 4.79 Å². The average molecular weight is 327 g/mol. The first-order valence-electron chi connectivity index (χ1n) is 8.60. The molecular formula is C17H33N3O3. The molecule has 2 atom stereocenters. The first-order chi connectivity index (χ1) is 10.6. The summed E-state index contributed by atoms with van der Waals surface area (Å²) < 4.78 is 5.47. The fourth-order valence-corrected chi connectivity index (χ4v) is 2.71. The van der Waals surface area contributed by atoms with Crippen LogP contribution in [-0.2, 0) is 9.53 Å². The van der Waals surface area contributed by atoms with Gasteiger partial charge in [0, 0.05) is 19.6 Å². The fraction of sp³-hybridized carbons (Fsp3) is 0.882. The molecule has 6 heteroatoms. The average Bonchev–Trinajstić information content (AvgIpc) is 2.89. The molecule has 134 valence electrons. The molecule has 1 aliphatic heterocycles. The van der Waals surface area contributed by atoms with E-state index in [1.807, 2.05) is 41.5 Å². The molecule has 1 aliphatic rings. The lowest BCUT2D eigenvalue weighted by atomic mass is 10.0. The molecule has 1 saturated heterocycles. The Morgan fingerprint density at radius 3 is 2.43 bits per heavy atom. The van der Waals surface area contributed by atoms with E-state index in [9.17, 15) is 9.59 Å². The van der Waals surface area contributed by atoms with E-state index in [0.29, 0.717) is 19.6 Å². The maximum Gasteiger partial charge on any atom is 0.410 e. The van der Waals surface area contributed by atoms with E-state index in [2.05, 4.69) is 0 Å². The minimum atomic E-state index is -0.509. The Balaban J connectivity index is 2.72. The van der Waals surface area contributed by atoms with Gasteiger partial charge in [-0.3, -0.25) is 4.79 Å². The lowest BCUT2D eigenvalue weighted by Crippen LogP contribution is -2.51. The third kappa shape index (κ3) is 5.68. The molecule has 6 nitrogen and oxygen atoms in total. The summed E-state index contributed by atoms with van der Waals surface area (Å²) >= 11 is 0. The van der Waals surface area contributed by atoms with Crippen LogP contribution in [0.2, 0.25) is 0 Å². The molecule has 23 heavy (non-hydrogen) atoms. The summed E-state index contributed by atoms with van der Waals surface area (Å²) in [5, 5.41) is 0. The van der Waals surface area contributed by atoms with Crippen molar-refractivity contribution in [2.75, 3.05) is 19.6 Å². The molecule has 1 rings (SSSR count). The van der Waals surface area contributed by atoms with Crippen LogP contribution in [0, 0.1) is 5.92 Å². The maximum atomic E-state index is 12.5. The van der Waals surface area contributed by atoms with Crippen molar-refractivity contribution < 1.29 is 14.3 Å². The number of nitrogens with zero attached hydrogens (tertiary/aromatic N) is 2. The molecular weight excluding hydrogens is 294 g/mol. The van der Waals surface area contributed by atoms with E-state index in [-0.39, 0.29) is 24.0 Å². The van der Waals surface area contributed by atoms with Gasteiger partial charge in [-0.15, -0.1) is 0 Å². The smallest absolute Gasteiger partial charge is 0.410 e. The zero-order chi connectivity index (χ0) is 17.8. The number of rotatable bonds is 5. The van der Waals surface area contributed by atoms with E-state index < -0.39 is 11.6 Å². The van der Waals surface area contributed by atoms with Crippen LogP contribution in [-0.4, -0.2) is 59.1 Å². The number of hydrogen-bond donors (Lipinski definition) is 1. The monoisotopic (exact) mass is 327 g/mol. The van der Waals surface area contributed by atoms with Crippen LogP contribution in [0.15, 0.2) is 0 Å². The van der Waals surface area contributed by atoms with E-state index in [4.69, 9.17) is 10.5 Å². The molecule has 0 aromatic rings. The first kappa shape index (κ1) is 19.7. The Morgan fingerprint density at radius 1 is 1.35 bits per heavy atom. The number of nitrogens with two attached hydrogens (primary N) is 1. The van der Waals surface area contributed by atoms with Crippen molar-refractivity contribution in [2.45, 2.75) is 72.1 Å². The standard InChI is InChI=1S/C17H33N3O3/c1-7-19(15(21)14(18)12(2)3)11-13-9-8-10-20(13)16(22)23-17(4,5)6/h12-14H,7-11,18H2,1-6H3/t13-,14+/m1/s1. The van der Waals surface area contributed by atoms with Crippen LogP contribution >= 0.6 is 0 Å². The van der Waals surface area contributed by atoms with Gasteiger partial charge in [-0.05, 0) is 46.5 Å². The number of likely N-dealkylation sites (tertiary alicyclic amines) is 1. The molecule has 1 heterocycles. The Labute approximate surface area is 140 Å². The van der Waals surface area contributed by atoms with Gasteiger partial charge in [0.25, 0.3) is 0 Å². The minimum Gasteiger partial charge on any atom is -0.444 e. The summed E-state index contributed by atoms with van der Waals surface area (Å²) in [7, 11) is 0. The molecule has 0 aromatic carbocycles. The third-order valence-electron chi connectivity index (χ3n) is 4.13. The minimum absolute atomic E-state index is 0.00751. The topological polar surface area (TPSA) is 75.9 Å². The van der Waals surface area contributed by atoms with Crippen molar-refractivity contribution in [1.82, 2.24) is 9.80 Å². The van der Waals surface area contributed by atoms with Crippen molar-refractivity contribution in [3.63, 3.8) is 0 Å². The Kier molecular flexibility index (Phi) is 6.86. The third-order valence-corrected chi connectivity index (χ3v) is 4.13. The van der Waals surface area contributed by atoms with Crippen molar-refractivity contribution in [2.24, 2.45) is 11.7 Å². The molecule has 0 saturated carbocycles. The van der Waals surface area contributed by atoms with Crippen LogP contribution in [0.1, 0.15) is 54.4 Å². The van der Waals surface area contributed by atoms with Crippen molar-refractivity contribution in [3.8, 4) is 0 Å². The quantitative estimate of drug-likeness (QED) is 0.840. The fourth-order valence-electron chi connectivity index (χ4n) is 2.71. The molecule has 0 spiro atoms. The summed E-state index contributed by atoms with van der Waals surface area (Å²) in [6.45, 7) is 13.2. The second-order valence-corrected chi connectivity index (χ2v) is 7.62. The van der Waals surface area contributed by atoms with E-state index in [1.165, 1.54) is 0 Å².